The zero-order valence-corrected chi connectivity index (χ0v) is 13.1. The maximum absolute atomic E-state index is 11.9. The van der Waals surface area contributed by atoms with Gasteiger partial charge in [-0.2, -0.15) is 0 Å². The Kier molecular flexibility index (Phi) is 4.04. The van der Waals surface area contributed by atoms with Gasteiger partial charge in [0.05, 0.1) is 12.1 Å². The summed E-state index contributed by atoms with van der Waals surface area (Å²) < 4.78 is 11.6. The number of hydrogen-bond donors (Lipinski definition) is 1. The molecule has 0 bridgehead atoms. The Hall–Kier alpha value is -1.56. The lowest BCUT2D eigenvalue weighted by atomic mass is 10.1. The Morgan fingerprint density at radius 2 is 2.15 bits per heavy atom. The second kappa shape index (κ2) is 5.44. The Morgan fingerprint density at radius 3 is 2.80 bits per heavy atom. The SMILES string of the molecule is CC(C)(C)OC(=O)CC1Oc2cc(Br)ccc2NC1=O. The minimum Gasteiger partial charge on any atom is -0.478 e. The number of amides is 1. The minimum atomic E-state index is -0.869. The number of nitrogens with one attached hydrogen (secondary N) is 1. The van der Waals surface area contributed by atoms with E-state index < -0.39 is 17.7 Å². The van der Waals surface area contributed by atoms with E-state index >= 15 is 0 Å². The lowest BCUT2D eigenvalue weighted by Crippen LogP contribution is -2.39. The summed E-state index contributed by atoms with van der Waals surface area (Å²) in [5, 5.41) is 2.71. The summed E-state index contributed by atoms with van der Waals surface area (Å²) >= 11 is 3.33. The predicted molar refractivity (Wildman–Crippen MR) is 77.6 cm³/mol. The first-order valence-corrected chi connectivity index (χ1v) is 7.03. The van der Waals surface area contributed by atoms with Crippen molar-refractivity contribution in [2.75, 3.05) is 5.32 Å². The summed E-state index contributed by atoms with van der Waals surface area (Å²) in [6.07, 6.45) is -0.985. The quantitative estimate of drug-likeness (QED) is 0.840. The van der Waals surface area contributed by atoms with Crippen LogP contribution in [0.1, 0.15) is 27.2 Å². The van der Waals surface area contributed by atoms with Crippen LogP contribution in [-0.4, -0.2) is 23.6 Å². The maximum atomic E-state index is 11.9. The van der Waals surface area contributed by atoms with Crippen LogP contribution in [-0.2, 0) is 14.3 Å². The van der Waals surface area contributed by atoms with Crippen molar-refractivity contribution in [2.24, 2.45) is 0 Å². The van der Waals surface area contributed by atoms with Crippen molar-refractivity contribution in [1.29, 1.82) is 0 Å². The van der Waals surface area contributed by atoms with Gasteiger partial charge < -0.3 is 14.8 Å². The first-order valence-electron chi connectivity index (χ1n) is 6.23. The predicted octanol–water partition coefficient (Wildman–Crippen LogP) is 2.88. The highest BCUT2D eigenvalue weighted by Crippen LogP contribution is 2.33. The maximum Gasteiger partial charge on any atom is 0.310 e. The first kappa shape index (κ1) is 14.8. The van der Waals surface area contributed by atoms with Crippen molar-refractivity contribution in [3.05, 3.63) is 22.7 Å². The molecule has 1 aliphatic rings. The van der Waals surface area contributed by atoms with Crippen molar-refractivity contribution in [2.45, 2.75) is 38.9 Å². The summed E-state index contributed by atoms with van der Waals surface area (Å²) in [5.41, 5.74) is 0.0158. The van der Waals surface area contributed by atoms with Crippen LogP contribution >= 0.6 is 15.9 Å². The van der Waals surface area contributed by atoms with E-state index in [-0.39, 0.29) is 12.3 Å². The zero-order chi connectivity index (χ0) is 14.9. The zero-order valence-electron chi connectivity index (χ0n) is 11.5. The van der Waals surface area contributed by atoms with Gasteiger partial charge in [-0.05, 0) is 39.0 Å². The smallest absolute Gasteiger partial charge is 0.310 e. The highest BCUT2D eigenvalue weighted by atomic mass is 79.9. The number of carbonyl (C=O) groups excluding carboxylic acids is 2. The number of fused-ring (bicyclic) bond motifs is 1. The molecule has 1 unspecified atom stereocenters. The van der Waals surface area contributed by atoms with E-state index in [1.54, 1.807) is 39.0 Å². The third kappa shape index (κ3) is 3.72. The molecule has 0 saturated carbocycles. The molecule has 1 amide bonds. The molecule has 0 saturated heterocycles. The van der Waals surface area contributed by atoms with Crippen LogP contribution in [0.4, 0.5) is 5.69 Å². The number of halogens is 1. The topological polar surface area (TPSA) is 64.6 Å². The van der Waals surface area contributed by atoms with Crippen molar-refractivity contribution < 1.29 is 19.1 Å². The largest absolute Gasteiger partial charge is 0.478 e. The fourth-order valence-electron chi connectivity index (χ4n) is 1.79. The van der Waals surface area contributed by atoms with Gasteiger partial charge in [-0.3, -0.25) is 9.59 Å². The average Bonchev–Trinajstić information content (AvgIpc) is 2.28. The molecule has 6 heteroatoms. The molecule has 2 rings (SSSR count). The molecule has 0 radical (unpaired) electrons. The molecule has 1 aromatic carbocycles. The van der Waals surface area contributed by atoms with Crippen LogP contribution in [0.3, 0.4) is 0 Å². The molecule has 5 nitrogen and oxygen atoms in total. The second-order valence-electron chi connectivity index (χ2n) is 5.53. The van der Waals surface area contributed by atoms with Crippen molar-refractivity contribution in [3.8, 4) is 5.75 Å². The highest BCUT2D eigenvalue weighted by molar-refractivity contribution is 9.10. The van der Waals surface area contributed by atoms with Gasteiger partial charge in [0.15, 0.2) is 6.10 Å². The number of hydrogen-bond acceptors (Lipinski definition) is 4. The number of ether oxygens (including phenoxy) is 2. The van der Waals surface area contributed by atoms with Gasteiger partial charge in [0, 0.05) is 4.47 Å². The molecule has 1 aromatic rings. The van der Waals surface area contributed by atoms with Crippen molar-refractivity contribution in [3.63, 3.8) is 0 Å². The van der Waals surface area contributed by atoms with Crippen LogP contribution in [0.2, 0.25) is 0 Å². The lowest BCUT2D eigenvalue weighted by Gasteiger charge is -2.26. The van der Waals surface area contributed by atoms with Gasteiger partial charge in [0.2, 0.25) is 0 Å². The average molecular weight is 342 g/mol. The first-order chi connectivity index (χ1) is 9.24. The van der Waals surface area contributed by atoms with E-state index in [0.29, 0.717) is 11.4 Å². The van der Waals surface area contributed by atoms with E-state index in [9.17, 15) is 9.59 Å². The van der Waals surface area contributed by atoms with Crippen LogP contribution in [0, 0.1) is 0 Å². The number of carbonyl (C=O) groups is 2. The van der Waals surface area contributed by atoms with Gasteiger partial charge in [0.25, 0.3) is 5.91 Å². The molecule has 0 aliphatic carbocycles. The molecular formula is C14H16BrNO4. The van der Waals surface area contributed by atoms with E-state index in [2.05, 4.69) is 21.2 Å². The summed E-state index contributed by atoms with van der Waals surface area (Å²) in [7, 11) is 0. The van der Waals surface area contributed by atoms with E-state index in [4.69, 9.17) is 9.47 Å². The Morgan fingerprint density at radius 1 is 1.45 bits per heavy atom. The summed E-state index contributed by atoms with van der Waals surface area (Å²) in [5.74, 6) is -0.269. The Balaban J connectivity index is 2.07. The normalized spacial score (nSPS) is 17.8. The third-order valence-electron chi connectivity index (χ3n) is 2.54. The fourth-order valence-corrected chi connectivity index (χ4v) is 2.13. The van der Waals surface area contributed by atoms with Crippen molar-refractivity contribution in [1.82, 2.24) is 0 Å². The van der Waals surface area contributed by atoms with Crippen molar-refractivity contribution >= 4 is 33.5 Å². The van der Waals surface area contributed by atoms with Gasteiger partial charge in [-0.25, -0.2) is 0 Å². The molecule has 1 heterocycles. The minimum absolute atomic E-state index is 0.116. The molecule has 0 spiro atoms. The second-order valence-corrected chi connectivity index (χ2v) is 6.44. The van der Waals surface area contributed by atoms with Crippen LogP contribution in [0.15, 0.2) is 22.7 Å². The molecule has 108 valence electrons. The Labute approximate surface area is 125 Å². The standard InChI is InChI=1S/C14H16BrNO4/c1-14(2,3)20-12(17)7-11-13(18)16-9-5-4-8(15)6-10(9)19-11/h4-6,11H,7H2,1-3H3,(H,16,18). The molecule has 1 N–H and O–H groups in total. The fraction of sp³-hybridized carbons (Fsp3) is 0.429. The number of esters is 1. The van der Waals surface area contributed by atoms with Crippen LogP contribution in [0.5, 0.6) is 5.75 Å². The number of rotatable bonds is 2. The Bertz CT molecular complexity index is 551. The van der Waals surface area contributed by atoms with E-state index in [1.807, 2.05) is 0 Å². The van der Waals surface area contributed by atoms with Gasteiger partial charge in [-0.15, -0.1) is 0 Å². The lowest BCUT2D eigenvalue weighted by molar-refractivity contribution is -0.158. The van der Waals surface area contributed by atoms with Crippen LogP contribution in [0.25, 0.3) is 0 Å². The molecule has 1 atom stereocenters. The summed E-state index contributed by atoms with van der Waals surface area (Å²) in [6.45, 7) is 5.33. The monoisotopic (exact) mass is 341 g/mol. The number of benzene rings is 1. The van der Waals surface area contributed by atoms with Gasteiger partial charge in [0.1, 0.15) is 11.4 Å². The molecule has 0 aromatic heterocycles. The third-order valence-corrected chi connectivity index (χ3v) is 3.03. The van der Waals surface area contributed by atoms with Gasteiger partial charge >= 0.3 is 5.97 Å². The van der Waals surface area contributed by atoms with E-state index in [1.165, 1.54) is 0 Å². The highest BCUT2D eigenvalue weighted by Gasteiger charge is 2.31. The van der Waals surface area contributed by atoms with E-state index in [0.717, 1.165) is 4.47 Å². The van der Waals surface area contributed by atoms with Crippen LogP contribution < -0.4 is 10.1 Å². The van der Waals surface area contributed by atoms with Gasteiger partial charge in [-0.1, -0.05) is 15.9 Å². The number of anilines is 1. The molecular weight excluding hydrogens is 326 g/mol. The molecule has 20 heavy (non-hydrogen) atoms. The molecule has 0 fully saturated rings. The summed E-state index contributed by atoms with van der Waals surface area (Å²) in [6, 6.07) is 5.29. The summed E-state index contributed by atoms with van der Waals surface area (Å²) in [4.78, 5) is 23.6. The molecule has 1 aliphatic heterocycles.